The number of carbonyl (C=O) groups is 1. The summed E-state index contributed by atoms with van der Waals surface area (Å²) in [4.78, 5) is 13.1. The number of nitrogens with zero attached hydrogens (tertiary/aromatic N) is 1. The molecule has 2 rings (SSSR count). The average Bonchev–Trinajstić information content (AvgIpc) is 2.59. The third-order valence-electron chi connectivity index (χ3n) is 2.40. The first kappa shape index (κ1) is 11.4. The highest BCUT2D eigenvalue weighted by molar-refractivity contribution is 8.23. The zero-order valence-corrected chi connectivity index (χ0v) is 10.2. The maximum Gasteiger partial charge on any atom is 0.238 e. The Morgan fingerprint density at radius 3 is 2.62 bits per heavy atom. The molecule has 1 amide bonds. The Kier molecular flexibility index (Phi) is 3.46. The van der Waals surface area contributed by atoms with Crippen LogP contribution >= 0.6 is 24.0 Å². The van der Waals surface area contributed by atoms with Crippen LogP contribution in [0.1, 0.15) is 5.56 Å². The molecule has 84 valence electrons. The van der Waals surface area contributed by atoms with Crippen LogP contribution in [0, 0.1) is 0 Å². The van der Waals surface area contributed by atoms with E-state index in [4.69, 9.17) is 17.3 Å². The first-order valence-corrected chi connectivity index (χ1v) is 6.31. The lowest BCUT2D eigenvalue weighted by Crippen LogP contribution is -2.30. The van der Waals surface area contributed by atoms with Gasteiger partial charge < -0.3 is 5.11 Å². The molecule has 0 saturated carbocycles. The average molecular weight is 253 g/mol. The number of hydrogen-bond donors (Lipinski definition) is 1. The van der Waals surface area contributed by atoms with Crippen LogP contribution < -0.4 is 0 Å². The van der Waals surface area contributed by atoms with E-state index in [0.29, 0.717) is 16.6 Å². The van der Waals surface area contributed by atoms with Crippen LogP contribution in [-0.4, -0.2) is 32.5 Å². The largest absolute Gasteiger partial charge is 0.508 e. The molecule has 1 aromatic carbocycles. The molecule has 1 saturated heterocycles. The summed E-state index contributed by atoms with van der Waals surface area (Å²) in [5, 5.41) is 9.13. The monoisotopic (exact) mass is 253 g/mol. The van der Waals surface area contributed by atoms with Crippen molar-refractivity contribution in [1.29, 1.82) is 0 Å². The van der Waals surface area contributed by atoms with Gasteiger partial charge in [0.1, 0.15) is 10.1 Å². The number of phenols is 1. The van der Waals surface area contributed by atoms with E-state index in [1.54, 1.807) is 17.0 Å². The number of thioether (sulfide) groups is 1. The molecule has 1 fully saturated rings. The summed E-state index contributed by atoms with van der Waals surface area (Å²) in [6.45, 7) is 0.620. The topological polar surface area (TPSA) is 40.5 Å². The van der Waals surface area contributed by atoms with Crippen molar-refractivity contribution >= 4 is 34.2 Å². The molecule has 1 aliphatic heterocycles. The van der Waals surface area contributed by atoms with E-state index >= 15 is 0 Å². The van der Waals surface area contributed by atoms with Gasteiger partial charge in [-0.25, -0.2) is 0 Å². The number of amides is 1. The molecule has 0 bridgehead atoms. The van der Waals surface area contributed by atoms with Gasteiger partial charge in [-0.3, -0.25) is 9.69 Å². The number of carbonyl (C=O) groups excluding carboxylic acids is 1. The van der Waals surface area contributed by atoms with E-state index in [9.17, 15) is 4.79 Å². The highest BCUT2D eigenvalue weighted by atomic mass is 32.2. The molecule has 5 heteroatoms. The number of thiocarbonyl (C=S) groups is 1. The summed E-state index contributed by atoms with van der Waals surface area (Å²) in [5.74, 6) is 0.815. The van der Waals surface area contributed by atoms with Crippen molar-refractivity contribution in [2.45, 2.75) is 6.42 Å². The third-order valence-corrected chi connectivity index (χ3v) is 3.83. The van der Waals surface area contributed by atoms with Crippen LogP contribution in [0.3, 0.4) is 0 Å². The van der Waals surface area contributed by atoms with Gasteiger partial charge in [0, 0.05) is 6.54 Å². The predicted octanol–water partition coefficient (Wildman–Crippen LogP) is 1.79. The van der Waals surface area contributed by atoms with Gasteiger partial charge in [0.2, 0.25) is 5.91 Å². The Bertz CT molecular complexity index is 400. The van der Waals surface area contributed by atoms with Gasteiger partial charge in [-0.05, 0) is 24.1 Å². The van der Waals surface area contributed by atoms with Crippen LogP contribution in [0.4, 0.5) is 0 Å². The van der Waals surface area contributed by atoms with Crippen LogP contribution in [0.5, 0.6) is 5.75 Å². The molecule has 1 N–H and O–H groups in total. The van der Waals surface area contributed by atoms with Crippen LogP contribution in [0.25, 0.3) is 0 Å². The van der Waals surface area contributed by atoms with Crippen molar-refractivity contribution in [2.75, 3.05) is 12.3 Å². The SMILES string of the molecule is O=C1CSC(=S)N1CCc1ccc(O)cc1. The Morgan fingerprint density at radius 2 is 2.06 bits per heavy atom. The van der Waals surface area contributed by atoms with Gasteiger partial charge in [-0.15, -0.1) is 0 Å². The molecular weight excluding hydrogens is 242 g/mol. The van der Waals surface area contributed by atoms with Crippen molar-refractivity contribution in [2.24, 2.45) is 0 Å². The number of aromatic hydroxyl groups is 1. The third kappa shape index (κ3) is 2.54. The number of phenolic OH excluding ortho intramolecular Hbond substituents is 1. The van der Waals surface area contributed by atoms with Crippen molar-refractivity contribution in [3.8, 4) is 5.75 Å². The minimum Gasteiger partial charge on any atom is -0.508 e. The maximum atomic E-state index is 11.4. The van der Waals surface area contributed by atoms with Gasteiger partial charge in [0.05, 0.1) is 5.75 Å². The van der Waals surface area contributed by atoms with Crippen molar-refractivity contribution in [3.63, 3.8) is 0 Å². The first-order chi connectivity index (χ1) is 7.66. The van der Waals surface area contributed by atoms with Gasteiger partial charge in [0.25, 0.3) is 0 Å². The number of benzene rings is 1. The standard InChI is InChI=1S/C11H11NO2S2/c13-9-3-1-8(2-4-9)5-6-12-10(14)7-16-11(12)15/h1-4,13H,5-7H2. The summed E-state index contributed by atoms with van der Waals surface area (Å²) >= 11 is 6.50. The van der Waals surface area contributed by atoms with Crippen LogP contribution in [-0.2, 0) is 11.2 Å². The van der Waals surface area contributed by atoms with Gasteiger partial charge in [-0.1, -0.05) is 36.1 Å². The fourth-order valence-corrected chi connectivity index (χ4v) is 2.62. The molecule has 1 heterocycles. The summed E-state index contributed by atoms with van der Waals surface area (Å²) in [6.07, 6.45) is 0.757. The zero-order valence-electron chi connectivity index (χ0n) is 8.55. The van der Waals surface area contributed by atoms with E-state index in [1.807, 2.05) is 12.1 Å². The van der Waals surface area contributed by atoms with E-state index < -0.39 is 0 Å². The van der Waals surface area contributed by atoms with Gasteiger partial charge in [0.15, 0.2) is 0 Å². The predicted molar refractivity (Wildman–Crippen MR) is 68.6 cm³/mol. The fourth-order valence-electron chi connectivity index (χ4n) is 1.50. The first-order valence-electron chi connectivity index (χ1n) is 4.92. The quantitative estimate of drug-likeness (QED) is 0.834. The minimum atomic E-state index is 0.0915. The van der Waals surface area contributed by atoms with E-state index in [1.165, 1.54) is 11.8 Å². The maximum absolute atomic E-state index is 11.4. The number of rotatable bonds is 3. The molecule has 0 radical (unpaired) electrons. The molecular formula is C11H11NO2S2. The Labute approximate surface area is 103 Å². The lowest BCUT2D eigenvalue weighted by molar-refractivity contribution is -0.123. The van der Waals surface area contributed by atoms with E-state index in [0.717, 1.165) is 12.0 Å². The highest BCUT2D eigenvalue weighted by Gasteiger charge is 2.25. The molecule has 0 atom stereocenters. The highest BCUT2D eigenvalue weighted by Crippen LogP contribution is 2.19. The van der Waals surface area contributed by atoms with E-state index in [2.05, 4.69) is 0 Å². The Balaban J connectivity index is 1.94. The number of hydrogen-bond acceptors (Lipinski definition) is 4. The minimum absolute atomic E-state index is 0.0915. The Morgan fingerprint density at radius 1 is 1.38 bits per heavy atom. The molecule has 16 heavy (non-hydrogen) atoms. The molecule has 0 aliphatic carbocycles. The molecule has 1 aromatic rings. The zero-order chi connectivity index (χ0) is 11.5. The molecule has 1 aliphatic rings. The second-order valence-electron chi connectivity index (χ2n) is 3.52. The smallest absolute Gasteiger partial charge is 0.238 e. The summed E-state index contributed by atoms with van der Waals surface area (Å²) in [6, 6.07) is 7.00. The Hall–Kier alpha value is -1.07. The summed E-state index contributed by atoms with van der Waals surface area (Å²) in [7, 11) is 0. The second kappa shape index (κ2) is 4.84. The second-order valence-corrected chi connectivity index (χ2v) is 5.13. The van der Waals surface area contributed by atoms with Crippen LogP contribution in [0.15, 0.2) is 24.3 Å². The molecule has 3 nitrogen and oxygen atoms in total. The lowest BCUT2D eigenvalue weighted by Gasteiger charge is -2.14. The summed E-state index contributed by atoms with van der Waals surface area (Å²) in [5.41, 5.74) is 1.09. The molecule has 0 spiro atoms. The summed E-state index contributed by atoms with van der Waals surface area (Å²) < 4.78 is 0.670. The van der Waals surface area contributed by atoms with Gasteiger partial charge in [-0.2, -0.15) is 0 Å². The molecule has 0 aromatic heterocycles. The lowest BCUT2D eigenvalue weighted by atomic mass is 10.1. The normalized spacial score (nSPS) is 15.9. The van der Waals surface area contributed by atoms with Crippen molar-refractivity contribution in [3.05, 3.63) is 29.8 Å². The van der Waals surface area contributed by atoms with Crippen LogP contribution in [0.2, 0.25) is 0 Å². The van der Waals surface area contributed by atoms with Gasteiger partial charge >= 0.3 is 0 Å². The van der Waals surface area contributed by atoms with Crippen molar-refractivity contribution < 1.29 is 9.90 Å². The molecule has 0 unspecified atom stereocenters. The van der Waals surface area contributed by atoms with E-state index in [-0.39, 0.29) is 11.7 Å². The fraction of sp³-hybridized carbons (Fsp3) is 0.273. The van der Waals surface area contributed by atoms with Crippen molar-refractivity contribution in [1.82, 2.24) is 4.90 Å².